The molecule has 0 radical (unpaired) electrons. The first-order chi connectivity index (χ1) is 25.5. The summed E-state index contributed by atoms with van der Waals surface area (Å²) in [4.78, 5) is 13.5. The van der Waals surface area contributed by atoms with Crippen LogP contribution in [0.4, 0.5) is 0 Å². The Morgan fingerprint density at radius 1 is 0.547 bits per heavy atom. The zero-order valence-corrected chi connectivity index (χ0v) is 34.0. The molecule has 0 spiro atoms. The Bertz CT molecular complexity index is 2310. The molecule has 0 N–H and O–H groups in total. The Balaban J connectivity index is 1.31. The van der Waals surface area contributed by atoms with Gasteiger partial charge < -0.3 is 9.13 Å². The van der Waals surface area contributed by atoms with E-state index in [0.29, 0.717) is 0 Å². The molecule has 3 aromatic heterocycles. The van der Waals surface area contributed by atoms with Crippen LogP contribution in [0.3, 0.4) is 0 Å². The van der Waals surface area contributed by atoms with Crippen molar-refractivity contribution in [3.63, 3.8) is 0 Å². The average Bonchev–Trinajstić information content (AvgIpc) is 3.83. The van der Waals surface area contributed by atoms with Gasteiger partial charge >= 0.3 is 0 Å². The summed E-state index contributed by atoms with van der Waals surface area (Å²) in [6.07, 6.45) is 14.3. The number of rotatable bonds is 14. The van der Waals surface area contributed by atoms with E-state index in [2.05, 4.69) is 136 Å². The lowest BCUT2D eigenvalue weighted by atomic mass is 9.85. The highest BCUT2D eigenvalue weighted by molar-refractivity contribution is 7.17. The largest absolute Gasteiger partial charge is 0.340 e. The minimum Gasteiger partial charge on any atom is -0.340 e. The van der Waals surface area contributed by atoms with Gasteiger partial charge in [0.05, 0.1) is 15.9 Å². The maximum atomic E-state index is 11.6. The first-order valence-electron chi connectivity index (χ1n) is 20.2. The highest BCUT2D eigenvalue weighted by Gasteiger charge is 2.22. The molecule has 3 nitrogen and oxygen atoms in total. The Morgan fingerprint density at radius 2 is 1.06 bits per heavy atom. The molecule has 4 heteroatoms. The molecule has 0 atom stereocenters. The summed E-state index contributed by atoms with van der Waals surface area (Å²) in [5.41, 5.74) is 10.3. The summed E-state index contributed by atoms with van der Waals surface area (Å²) in [7, 11) is 0. The number of aryl methyl sites for hydroxylation is 1. The minimum absolute atomic E-state index is 0.0615. The van der Waals surface area contributed by atoms with E-state index in [4.69, 9.17) is 0 Å². The molecule has 0 aliphatic carbocycles. The van der Waals surface area contributed by atoms with Crippen molar-refractivity contribution in [2.45, 2.75) is 130 Å². The summed E-state index contributed by atoms with van der Waals surface area (Å²) < 4.78 is 5.04. The van der Waals surface area contributed by atoms with Crippen LogP contribution >= 0.6 is 11.3 Å². The monoisotopic (exact) mass is 722 g/mol. The fourth-order valence-electron chi connectivity index (χ4n) is 8.19. The van der Waals surface area contributed by atoms with Gasteiger partial charge in [-0.15, -0.1) is 11.3 Å². The zero-order chi connectivity index (χ0) is 37.3. The molecule has 0 saturated heterocycles. The molecule has 0 unspecified atom stereocenters. The third-order valence-corrected chi connectivity index (χ3v) is 12.4. The summed E-state index contributed by atoms with van der Waals surface area (Å²) in [5.74, 6) is 0. The van der Waals surface area contributed by atoms with E-state index >= 15 is 0 Å². The van der Waals surface area contributed by atoms with Crippen LogP contribution in [0, 0.1) is 0 Å². The highest BCUT2D eigenvalue weighted by Crippen LogP contribution is 2.40. The molecule has 0 aliphatic heterocycles. The Morgan fingerprint density at radius 3 is 1.60 bits per heavy atom. The van der Waals surface area contributed by atoms with E-state index in [0.717, 1.165) is 22.6 Å². The number of carbonyl (C=O) groups excluding carboxylic acids is 1. The first kappa shape index (κ1) is 37.2. The molecular formula is C49H58N2OS. The van der Waals surface area contributed by atoms with Crippen molar-refractivity contribution < 1.29 is 4.79 Å². The number of carbonyl (C=O) groups is 1. The van der Waals surface area contributed by atoms with Gasteiger partial charge in [-0.2, -0.15) is 0 Å². The lowest BCUT2D eigenvalue weighted by molar-refractivity contribution is 0.112. The summed E-state index contributed by atoms with van der Waals surface area (Å²) in [6.45, 7) is 17.1. The second-order valence-corrected chi connectivity index (χ2v) is 18.5. The van der Waals surface area contributed by atoms with Gasteiger partial charge in [-0.1, -0.05) is 124 Å². The van der Waals surface area contributed by atoms with E-state index in [-0.39, 0.29) is 10.8 Å². The van der Waals surface area contributed by atoms with Gasteiger partial charge in [-0.05, 0) is 101 Å². The second kappa shape index (κ2) is 15.3. The molecule has 3 heterocycles. The quantitative estimate of drug-likeness (QED) is 0.0811. The number of hydrogen-bond donors (Lipinski definition) is 0. The Kier molecular flexibility index (Phi) is 10.7. The van der Waals surface area contributed by atoms with Gasteiger partial charge in [-0.25, -0.2) is 0 Å². The van der Waals surface area contributed by atoms with Crippen LogP contribution in [0.2, 0.25) is 0 Å². The number of aromatic nitrogens is 2. The van der Waals surface area contributed by atoms with Crippen LogP contribution in [0.25, 0.3) is 59.7 Å². The van der Waals surface area contributed by atoms with Gasteiger partial charge in [-0.3, -0.25) is 4.79 Å². The van der Waals surface area contributed by atoms with Gasteiger partial charge in [0.15, 0.2) is 6.29 Å². The third-order valence-electron chi connectivity index (χ3n) is 11.4. The Labute approximate surface area is 321 Å². The number of fused-ring (bicyclic) bond motifs is 6. The van der Waals surface area contributed by atoms with E-state index in [1.165, 1.54) is 130 Å². The van der Waals surface area contributed by atoms with Crippen molar-refractivity contribution in [3.8, 4) is 16.1 Å². The van der Waals surface area contributed by atoms with E-state index in [1.807, 2.05) is 6.07 Å². The van der Waals surface area contributed by atoms with Crippen molar-refractivity contribution in [3.05, 3.63) is 101 Å². The molecule has 53 heavy (non-hydrogen) atoms. The van der Waals surface area contributed by atoms with Gasteiger partial charge in [0.2, 0.25) is 0 Å². The van der Waals surface area contributed by atoms with E-state index in [9.17, 15) is 4.79 Å². The van der Waals surface area contributed by atoms with Gasteiger partial charge in [0.25, 0.3) is 0 Å². The maximum absolute atomic E-state index is 11.6. The van der Waals surface area contributed by atoms with Crippen molar-refractivity contribution in [2.24, 2.45) is 0 Å². The molecule has 7 rings (SSSR count). The van der Waals surface area contributed by atoms with Crippen LogP contribution in [0.1, 0.15) is 133 Å². The number of aldehydes is 1. The topological polar surface area (TPSA) is 26.9 Å². The standard InChI is InChI=1S/C49H58N2OS/c1-8-9-10-11-12-13-14-15-16-17-28-50-43-23-18-34(47-27-22-38(33-52)53-47)29-39(43)42-32-37(21-26-44(42)50)51-45-24-19-35(48(2,3)4)30-40(45)41-31-36(49(5,6)7)20-25-46(41)51/h18-27,29-33H,8-17,28H2,1-7H3. The molecule has 0 amide bonds. The average molecular weight is 723 g/mol. The predicted molar refractivity (Wildman–Crippen MR) is 232 cm³/mol. The summed E-state index contributed by atoms with van der Waals surface area (Å²) in [5, 5.41) is 5.19. The summed E-state index contributed by atoms with van der Waals surface area (Å²) >= 11 is 1.57. The lowest BCUT2D eigenvalue weighted by Crippen LogP contribution is -2.10. The SMILES string of the molecule is CCCCCCCCCCCCn1c2ccc(-c3ccc(C=O)s3)cc2c2cc(-n3c4ccc(C(C)(C)C)cc4c4cc(C(C)(C)C)ccc43)ccc21. The van der Waals surface area contributed by atoms with Crippen LogP contribution in [0.5, 0.6) is 0 Å². The molecule has 0 bridgehead atoms. The molecule has 7 aromatic rings. The second-order valence-electron chi connectivity index (χ2n) is 17.4. The lowest BCUT2D eigenvalue weighted by Gasteiger charge is -2.19. The fourth-order valence-corrected chi connectivity index (χ4v) is 9.01. The molecule has 0 aliphatic rings. The van der Waals surface area contributed by atoms with E-state index in [1.54, 1.807) is 11.3 Å². The number of thiophene rings is 1. The van der Waals surface area contributed by atoms with Gasteiger partial charge in [0.1, 0.15) is 0 Å². The first-order valence-corrected chi connectivity index (χ1v) is 21.0. The minimum atomic E-state index is 0.0615. The van der Waals surface area contributed by atoms with Crippen LogP contribution < -0.4 is 0 Å². The highest BCUT2D eigenvalue weighted by atomic mass is 32.1. The van der Waals surface area contributed by atoms with Crippen molar-refractivity contribution in [2.75, 3.05) is 0 Å². The van der Waals surface area contributed by atoms with Crippen LogP contribution in [-0.4, -0.2) is 15.4 Å². The van der Waals surface area contributed by atoms with Crippen LogP contribution in [-0.2, 0) is 17.4 Å². The zero-order valence-electron chi connectivity index (χ0n) is 33.1. The number of hydrogen-bond acceptors (Lipinski definition) is 2. The van der Waals surface area contributed by atoms with E-state index < -0.39 is 0 Å². The van der Waals surface area contributed by atoms with Crippen molar-refractivity contribution in [1.82, 2.24) is 9.13 Å². The van der Waals surface area contributed by atoms with Crippen LogP contribution in [0.15, 0.2) is 84.9 Å². The van der Waals surface area contributed by atoms with Crippen molar-refractivity contribution in [1.29, 1.82) is 0 Å². The number of benzene rings is 4. The van der Waals surface area contributed by atoms with Crippen molar-refractivity contribution >= 4 is 61.2 Å². The fraction of sp³-hybridized carbons (Fsp3) is 0.408. The number of nitrogens with zero attached hydrogens (tertiary/aromatic N) is 2. The molecule has 276 valence electrons. The van der Waals surface area contributed by atoms with Gasteiger partial charge in [0, 0.05) is 49.7 Å². The Hall–Kier alpha value is -4.15. The maximum Gasteiger partial charge on any atom is 0.160 e. The molecule has 4 aromatic carbocycles. The predicted octanol–water partition coefficient (Wildman–Crippen LogP) is 14.9. The summed E-state index contributed by atoms with van der Waals surface area (Å²) in [6, 6.07) is 32.2. The smallest absolute Gasteiger partial charge is 0.160 e. The molecule has 0 saturated carbocycles. The third kappa shape index (κ3) is 7.63. The number of unbranched alkanes of at least 4 members (excludes halogenated alkanes) is 9. The molecular weight excluding hydrogens is 665 g/mol. The molecule has 0 fully saturated rings. The normalized spacial score (nSPS) is 12.6.